The topological polar surface area (TPSA) is 81.1 Å². The number of anilines is 1. The molecular weight excluding hydrogens is 386 g/mol. The molecule has 7 heteroatoms. The highest BCUT2D eigenvalue weighted by molar-refractivity contribution is 7.17. The molecule has 29 heavy (non-hydrogen) atoms. The van der Waals surface area contributed by atoms with Gasteiger partial charge < -0.3 is 5.32 Å². The summed E-state index contributed by atoms with van der Waals surface area (Å²) in [6.07, 6.45) is 1.38. The third-order valence-electron chi connectivity index (χ3n) is 4.54. The first-order valence-electron chi connectivity index (χ1n) is 8.96. The number of amides is 1. The number of nitrogens with one attached hydrogen (secondary N) is 1. The van der Waals surface area contributed by atoms with E-state index in [1.807, 2.05) is 35.7 Å². The van der Waals surface area contributed by atoms with Crippen LogP contribution in [0.1, 0.15) is 17.3 Å². The standard InChI is InChI=1S/C22H17N3O3S/c1-14(26)16-9-5-6-10-18(16)24-19(27)11-25-13-23-21-20(22(25)28)17(12-29-21)15-7-3-2-4-8-15/h2-10,12-13H,11H2,1H3,(H,24,27). The summed E-state index contributed by atoms with van der Waals surface area (Å²) < 4.78 is 1.28. The highest BCUT2D eigenvalue weighted by atomic mass is 32.1. The summed E-state index contributed by atoms with van der Waals surface area (Å²) in [7, 11) is 0. The Bertz CT molecular complexity index is 1280. The molecule has 0 radical (unpaired) electrons. The fourth-order valence-corrected chi connectivity index (χ4v) is 4.06. The van der Waals surface area contributed by atoms with E-state index in [9.17, 15) is 14.4 Å². The molecule has 0 bridgehead atoms. The number of hydrogen-bond acceptors (Lipinski definition) is 5. The van der Waals surface area contributed by atoms with Crippen molar-refractivity contribution in [1.29, 1.82) is 0 Å². The second kappa shape index (κ2) is 7.81. The second-order valence-electron chi connectivity index (χ2n) is 6.52. The molecule has 0 spiro atoms. The predicted molar refractivity (Wildman–Crippen MR) is 114 cm³/mol. The Balaban J connectivity index is 1.65. The fourth-order valence-electron chi connectivity index (χ4n) is 3.15. The Labute approximate surface area is 170 Å². The quantitative estimate of drug-likeness (QED) is 0.511. The molecule has 0 aliphatic carbocycles. The Morgan fingerprint density at radius 3 is 2.55 bits per heavy atom. The van der Waals surface area contributed by atoms with Crippen molar-refractivity contribution in [2.75, 3.05) is 5.32 Å². The lowest BCUT2D eigenvalue weighted by atomic mass is 10.1. The van der Waals surface area contributed by atoms with E-state index >= 15 is 0 Å². The van der Waals surface area contributed by atoms with E-state index in [2.05, 4.69) is 10.3 Å². The van der Waals surface area contributed by atoms with Gasteiger partial charge >= 0.3 is 0 Å². The van der Waals surface area contributed by atoms with Crippen LogP contribution in [0.4, 0.5) is 5.69 Å². The Kier molecular flexibility index (Phi) is 5.05. The maximum Gasteiger partial charge on any atom is 0.263 e. The minimum atomic E-state index is -0.404. The van der Waals surface area contributed by atoms with Gasteiger partial charge in [-0.15, -0.1) is 11.3 Å². The van der Waals surface area contributed by atoms with Gasteiger partial charge in [0.2, 0.25) is 5.91 Å². The molecule has 4 aromatic rings. The summed E-state index contributed by atoms with van der Waals surface area (Å²) in [4.78, 5) is 42.3. The number of fused-ring (bicyclic) bond motifs is 1. The molecule has 0 fully saturated rings. The van der Waals surface area contributed by atoms with Crippen LogP contribution < -0.4 is 10.9 Å². The van der Waals surface area contributed by atoms with Crippen LogP contribution >= 0.6 is 11.3 Å². The van der Waals surface area contributed by atoms with Crippen molar-refractivity contribution in [3.8, 4) is 11.1 Å². The van der Waals surface area contributed by atoms with Gasteiger partial charge in [-0.3, -0.25) is 19.0 Å². The van der Waals surface area contributed by atoms with E-state index in [1.165, 1.54) is 29.2 Å². The van der Waals surface area contributed by atoms with Gasteiger partial charge in [-0.05, 0) is 24.6 Å². The largest absolute Gasteiger partial charge is 0.324 e. The fraction of sp³-hybridized carbons (Fsp3) is 0.0909. The normalized spacial score (nSPS) is 10.8. The summed E-state index contributed by atoms with van der Waals surface area (Å²) in [5.74, 6) is -0.551. The van der Waals surface area contributed by atoms with Gasteiger partial charge in [-0.25, -0.2) is 4.98 Å². The molecule has 1 N–H and O–H groups in total. The van der Waals surface area contributed by atoms with Gasteiger partial charge in [0.1, 0.15) is 11.4 Å². The van der Waals surface area contributed by atoms with Crippen LogP contribution in [0, 0.1) is 0 Å². The summed E-state index contributed by atoms with van der Waals surface area (Å²) in [5, 5.41) is 5.12. The molecule has 0 saturated heterocycles. The SMILES string of the molecule is CC(=O)c1ccccc1NC(=O)Cn1cnc2scc(-c3ccccc3)c2c1=O. The lowest BCUT2D eigenvalue weighted by Crippen LogP contribution is -2.28. The molecule has 4 rings (SSSR count). The number of carbonyl (C=O) groups is 2. The smallest absolute Gasteiger partial charge is 0.263 e. The summed E-state index contributed by atoms with van der Waals surface area (Å²) in [6, 6.07) is 16.4. The first-order chi connectivity index (χ1) is 14.0. The molecule has 0 aliphatic heterocycles. The zero-order valence-electron chi connectivity index (χ0n) is 15.6. The number of nitrogens with zero attached hydrogens (tertiary/aromatic N) is 2. The molecule has 1 amide bonds. The molecule has 144 valence electrons. The molecule has 2 aromatic carbocycles. The van der Waals surface area contributed by atoms with Crippen molar-refractivity contribution in [3.05, 3.63) is 82.2 Å². The molecule has 0 saturated carbocycles. The average molecular weight is 403 g/mol. The third kappa shape index (κ3) is 3.72. The summed E-state index contributed by atoms with van der Waals surface area (Å²) >= 11 is 1.40. The lowest BCUT2D eigenvalue weighted by Gasteiger charge is -2.10. The van der Waals surface area contributed by atoms with Gasteiger partial charge in [-0.2, -0.15) is 0 Å². The molecular formula is C22H17N3O3S. The lowest BCUT2D eigenvalue weighted by molar-refractivity contribution is -0.116. The van der Waals surface area contributed by atoms with E-state index in [0.29, 0.717) is 21.5 Å². The van der Waals surface area contributed by atoms with Crippen LogP contribution in [0.15, 0.2) is 71.1 Å². The number of aromatic nitrogens is 2. The average Bonchev–Trinajstić information content (AvgIpc) is 3.16. The van der Waals surface area contributed by atoms with Crippen LogP contribution in [-0.2, 0) is 11.3 Å². The van der Waals surface area contributed by atoms with Crippen molar-refractivity contribution in [1.82, 2.24) is 9.55 Å². The van der Waals surface area contributed by atoms with E-state index in [0.717, 1.165) is 11.1 Å². The minimum absolute atomic E-state index is 0.146. The predicted octanol–water partition coefficient (Wildman–Crippen LogP) is 3.97. The Morgan fingerprint density at radius 1 is 1.07 bits per heavy atom. The van der Waals surface area contributed by atoms with Crippen molar-refractivity contribution in [2.45, 2.75) is 13.5 Å². The van der Waals surface area contributed by atoms with Gasteiger partial charge in [0.05, 0.1) is 17.4 Å². The van der Waals surface area contributed by atoms with Gasteiger partial charge in [-0.1, -0.05) is 42.5 Å². The third-order valence-corrected chi connectivity index (χ3v) is 5.43. The van der Waals surface area contributed by atoms with E-state index < -0.39 is 5.91 Å². The van der Waals surface area contributed by atoms with Crippen molar-refractivity contribution >= 4 is 38.9 Å². The zero-order chi connectivity index (χ0) is 20.4. The molecule has 6 nitrogen and oxygen atoms in total. The van der Waals surface area contributed by atoms with Crippen molar-refractivity contribution in [3.63, 3.8) is 0 Å². The van der Waals surface area contributed by atoms with Gasteiger partial charge in [0.25, 0.3) is 5.56 Å². The Hall–Kier alpha value is -3.58. The summed E-state index contributed by atoms with van der Waals surface area (Å²) in [6.45, 7) is 1.24. The maximum atomic E-state index is 13.0. The van der Waals surface area contributed by atoms with Gasteiger partial charge in [0, 0.05) is 16.5 Å². The number of carbonyl (C=O) groups excluding carboxylic acids is 2. The van der Waals surface area contributed by atoms with Crippen molar-refractivity contribution in [2.24, 2.45) is 0 Å². The molecule has 0 atom stereocenters. The molecule has 0 aliphatic rings. The number of thiophene rings is 1. The van der Waals surface area contributed by atoms with Crippen LogP contribution in [0.2, 0.25) is 0 Å². The van der Waals surface area contributed by atoms with Crippen LogP contribution in [-0.4, -0.2) is 21.2 Å². The Morgan fingerprint density at radius 2 is 1.79 bits per heavy atom. The molecule has 2 aromatic heterocycles. The van der Waals surface area contributed by atoms with Crippen molar-refractivity contribution < 1.29 is 9.59 Å². The number of para-hydroxylation sites is 1. The minimum Gasteiger partial charge on any atom is -0.324 e. The van der Waals surface area contributed by atoms with Crippen LogP contribution in [0.25, 0.3) is 21.3 Å². The highest BCUT2D eigenvalue weighted by Crippen LogP contribution is 2.30. The van der Waals surface area contributed by atoms with Gasteiger partial charge in [0.15, 0.2) is 5.78 Å². The first kappa shape index (κ1) is 18.8. The number of Topliss-reactive ketones (excluding diaryl/α,β-unsaturated/α-hetero) is 1. The number of rotatable bonds is 5. The first-order valence-corrected chi connectivity index (χ1v) is 9.84. The second-order valence-corrected chi connectivity index (χ2v) is 7.38. The number of ketones is 1. The van der Waals surface area contributed by atoms with E-state index in [1.54, 1.807) is 24.3 Å². The maximum absolute atomic E-state index is 13.0. The van der Waals surface area contributed by atoms with Crippen LogP contribution in [0.3, 0.4) is 0 Å². The van der Waals surface area contributed by atoms with E-state index in [-0.39, 0.29) is 17.9 Å². The molecule has 0 unspecified atom stereocenters. The monoisotopic (exact) mass is 403 g/mol. The number of benzene rings is 2. The summed E-state index contributed by atoms with van der Waals surface area (Å²) in [5.41, 5.74) is 2.30. The highest BCUT2D eigenvalue weighted by Gasteiger charge is 2.15. The number of hydrogen-bond donors (Lipinski definition) is 1. The van der Waals surface area contributed by atoms with E-state index in [4.69, 9.17) is 0 Å². The zero-order valence-corrected chi connectivity index (χ0v) is 16.4. The molecule has 2 heterocycles. The van der Waals surface area contributed by atoms with Crippen LogP contribution in [0.5, 0.6) is 0 Å².